The van der Waals surface area contributed by atoms with E-state index in [9.17, 15) is 9.90 Å². The lowest BCUT2D eigenvalue weighted by molar-refractivity contribution is 0.0404. The Morgan fingerprint density at radius 2 is 2.11 bits per heavy atom. The second kappa shape index (κ2) is 5.50. The third-order valence-electron chi connectivity index (χ3n) is 3.73. The standard InChI is InChI=1S/C14H19NO3/c1-18-14(17)11-8-3-2-7-10(11)12(15)13(16)9-5-4-6-9/h2-3,7-9,12-13,16H,4-6,15H2,1H3/t12-,13+/m1/s1. The van der Waals surface area contributed by atoms with Crippen LogP contribution in [0.3, 0.4) is 0 Å². The van der Waals surface area contributed by atoms with Crippen molar-refractivity contribution in [2.45, 2.75) is 31.4 Å². The number of esters is 1. The highest BCUT2D eigenvalue weighted by Crippen LogP contribution is 2.35. The first-order valence-electron chi connectivity index (χ1n) is 6.26. The maximum Gasteiger partial charge on any atom is 0.338 e. The van der Waals surface area contributed by atoms with Gasteiger partial charge in [-0.25, -0.2) is 4.79 Å². The molecule has 4 heteroatoms. The summed E-state index contributed by atoms with van der Waals surface area (Å²) in [6, 6.07) is 6.49. The minimum Gasteiger partial charge on any atom is -0.465 e. The van der Waals surface area contributed by atoms with Gasteiger partial charge in [0.15, 0.2) is 0 Å². The molecule has 1 aliphatic carbocycles. The maximum atomic E-state index is 11.7. The molecule has 3 N–H and O–H groups in total. The van der Waals surface area contributed by atoms with E-state index in [1.165, 1.54) is 7.11 Å². The molecule has 2 atom stereocenters. The number of methoxy groups -OCH3 is 1. The quantitative estimate of drug-likeness (QED) is 0.796. The van der Waals surface area contributed by atoms with Gasteiger partial charge in [0.05, 0.1) is 24.8 Å². The van der Waals surface area contributed by atoms with Gasteiger partial charge in [-0.1, -0.05) is 24.6 Å². The number of ether oxygens (including phenoxy) is 1. The molecule has 0 spiro atoms. The number of nitrogens with two attached hydrogens (primary N) is 1. The van der Waals surface area contributed by atoms with E-state index < -0.39 is 18.1 Å². The van der Waals surface area contributed by atoms with E-state index in [0.717, 1.165) is 19.3 Å². The Hall–Kier alpha value is -1.39. The molecule has 0 amide bonds. The van der Waals surface area contributed by atoms with E-state index in [1.807, 2.05) is 6.07 Å². The Labute approximate surface area is 107 Å². The smallest absolute Gasteiger partial charge is 0.338 e. The van der Waals surface area contributed by atoms with Crippen LogP contribution in [0.4, 0.5) is 0 Å². The second-order valence-electron chi connectivity index (χ2n) is 4.79. The van der Waals surface area contributed by atoms with Crippen LogP contribution in [0.15, 0.2) is 24.3 Å². The van der Waals surface area contributed by atoms with Crippen LogP contribution in [0.1, 0.15) is 41.2 Å². The first-order chi connectivity index (χ1) is 8.65. The van der Waals surface area contributed by atoms with Crippen molar-refractivity contribution >= 4 is 5.97 Å². The summed E-state index contributed by atoms with van der Waals surface area (Å²) in [5, 5.41) is 10.2. The van der Waals surface area contributed by atoms with Gasteiger partial charge in [-0.3, -0.25) is 0 Å². The molecule has 1 saturated carbocycles. The fraction of sp³-hybridized carbons (Fsp3) is 0.500. The Balaban J connectivity index is 2.23. The van der Waals surface area contributed by atoms with Gasteiger partial charge in [0.25, 0.3) is 0 Å². The molecule has 18 heavy (non-hydrogen) atoms. The van der Waals surface area contributed by atoms with E-state index in [-0.39, 0.29) is 5.92 Å². The first kappa shape index (κ1) is 13.1. The third kappa shape index (κ3) is 2.40. The van der Waals surface area contributed by atoms with E-state index in [2.05, 4.69) is 0 Å². The van der Waals surface area contributed by atoms with Crippen molar-refractivity contribution < 1.29 is 14.6 Å². The van der Waals surface area contributed by atoms with Crippen molar-refractivity contribution in [1.82, 2.24) is 0 Å². The fourth-order valence-corrected chi connectivity index (χ4v) is 2.34. The lowest BCUT2D eigenvalue weighted by Gasteiger charge is -2.34. The number of aliphatic hydroxyl groups excluding tert-OH is 1. The third-order valence-corrected chi connectivity index (χ3v) is 3.73. The van der Waals surface area contributed by atoms with Gasteiger partial charge < -0.3 is 15.6 Å². The van der Waals surface area contributed by atoms with Crippen LogP contribution in [0.25, 0.3) is 0 Å². The number of hydrogen-bond donors (Lipinski definition) is 2. The summed E-state index contributed by atoms with van der Waals surface area (Å²) in [5.41, 5.74) is 7.18. The predicted molar refractivity (Wildman–Crippen MR) is 68.1 cm³/mol. The van der Waals surface area contributed by atoms with Crippen LogP contribution < -0.4 is 5.73 Å². The minimum atomic E-state index is -0.593. The molecular formula is C14H19NO3. The number of hydrogen-bond acceptors (Lipinski definition) is 4. The molecule has 0 unspecified atom stereocenters. The van der Waals surface area contributed by atoms with E-state index in [4.69, 9.17) is 10.5 Å². The largest absolute Gasteiger partial charge is 0.465 e. The molecular weight excluding hydrogens is 230 g/mol. The lowest BCUT2D eigenvalue weighted by atomic mass is 9.77. The average molecular weight is 249 g/mol. The number of rotatable bonds is 4. The Bertz CT molecular complexity index is 429. The summed E-state index contributed by atoms with van der Waals surface area (Å²) < 4.78 is 4.73. The van der Waals surface area contributed by atoms with Crippen LogP contribution >= 0.6 is 0 Å². The zero-order valence-corrected chi connectivity index (χ0v) is 10.5. The number of carbonyl (C=O) groups excluding carboxylic acids is 1. The average Bonchev–Trinajstić information content (AvgIpc) is 2.34. The summed E-state index contributed by atoms with van der Waals surface area (Å²) in [7, 11) is 1.34. The number of aliphatic hydroxyl groups is 1. The van der Waals surface area contributed by atoms with Crippen molar-refractivity contribution in [3.8, 4) is 0 Å². The number of benzene rings is 1. The van der Waals surface area contributed by atoms with Gasteiger partial charge in [0, 0.05) is 0 Å². The first-order valence-corrected chi connectivity index (χ1v) is 6.26. The number of carbonyl (C=O) groups is 1. The van der Waals surface area contributed by atoms with Crippen molar-refractivity contribution in [2.24, 2.45) is 11.7 Å². The van der Waals surface area contributed by atoms with Gasteiger partial charge in [-0.05, 0) is 30.4 Å². The molecule has 98 valence electrons. The van der Waals surface area contributed by atoms with Crippen LogP contribution in [0.2, 0.25) is 0 Å². The minimum absolute atomic E-state index is 0.255. The highest BCUT2D eigenvalue weighted by atomic mass is 16.5. The normalized spacial score (nSPS) is 18.8. The van der Waals surface area contributed by atoms with Crippen molar-refractivity contribution in [1.29, 1.82) is 0 Å². The second-order valence-corrected chi connectivity index (χ2v) is 4.79. The van der Waals surface area contributed by atoms with Gasteiger partial charge in [-0.15, -0.1) is 0 Å². The predicted octanol–water partition coefficient (Wildman–Crippen LogP) is 1.63. The molecule has 1 aliphatic rings. The van der Waals surface area contributed by atoms with Crippen LogP contribution in [0, 0.1) is 5.92 Å². The van der Waals surface area contributed by atoms with Crippen LogP contribution in [0.5, 0.6) is 0 Å². The molecule has 0 bridgehead atoms. The summed E-state index contributed by atoms with van der Waals surface area (Å²) >= 11 is 0. The van der Waals surface area contributed by atoms with Gasteiger partial charge >= 0.3 is 5.97 Å². The molecule has 2 rings (SSSR count). The molecule has 4 nitrogen and oxygen atoms in total. The molecule has 0 radical (unpaired) electrons. The monoisotopic (exact) mass is 249 g/mol. The Morgan fingerprint density at radius 1 is 1.44 bits per heavy atom. The summed E-state index contributed by atoms with van der Waals surface area (Å²) in [6.45, 7) is 0. The Kier molecular flexibility index (Phi) is 3.99. The molecule has 1 fully saturated rings. The van der Waals surface area contributed by atoms with Crippen LogP contribution in [-0.4, -0.2) is 24.3 Å². The zero-order valence-electron chi connectivity index (χ0n) is 10.5. The van der Waals surface area contributed by atoms with Gasteiger partial charge in [0.2, 0.25) is 0 Å². The summed E-state index contributed by atoms with van der Waals surface area (Å²) in [5.74, 6) is -0.160. The molecule has 0 aliphatic heterocycles. The fourth-order valence-electron chi connectivity index (χ4n) is 2.34. The van der Waals surface area contributed by atoms with Crippen molar-refractivity contribution in [2.75, 3.05) is 7.11 Å². The summed E-state index contributed by atoms with van der Waals surface area (Å²) in [6.07, 6.45) is 2.57. The molecule has 0 saturated heterocycles. The molecule has 0 aromatic heterocycles. The van der Waals surface area contributed by atoms with E-state index >= 15 is 0 Å². The van der Waals surface area contributed by atoms with Crippen molar-refractivity contribution in [3.05, 3.63) is 35.4 Å². The van der Waals surface area contributed by atoms with Crippen molar-refractivity contribution in [3.63, 3.8) is 0 Å². The van der Waals surface area contributed by atoms with Gasteiger partial charge in [0.1, 0.15) is 0 Å². The molecule has 1 aromatic rings. The van der Waals surface area contributed by atoms with E-state index in [1.54, 1.807) is 18.2 Å². The topological polar surface area (TPSA) is 72.5 Å². The van der Waals surface area contributed by atoms with E-state index in [0.29, 0.717) is 11.1 Å². The zero-order chi connectivity index (χ0) is 13.1. The summed E-state index contributed by atoms with van der Waals surface area (Å²) in [4.78, 5) is 11.7. The Morgan fingerprint density at radius 3 is 2.67 bits per heavy atom. The highest BCUT2D eigenvalue weighted by molar-refractivity contribution is 5.91. The van der Waals surface area contributed by atoms with Gasteiger partial charge in [-0.2, -0.15) is 0 Å². The maximum absolute atomic E-state index is 11.7. The SMILES string of the molecule is COC(=O)c1ccccc1[C@@H](N)[C@@H](O)C1CCC1. The highest BCUT2D eigenvalue weighted by Gasteiger charge is 2.32. The van der Waals surface area contributed by atoms with Crippen LogP contribution in [-0.2, 0) is 4.74 Å². The lowest BCUT2D eigenvalue weighted by Crippen LogP contribution is -2.37. The molecule has 1 aromatic carbocycles. The molecule has 0 heterocycles.